The minimum atomic E-state index is 0.842. The molecule has 1 heterocycles. The van der Waals surface area contributed by atoms with Gasteiger partial charge >= 0.3 is 0 Å². The predicted molar refractivity (Wildman–Crippen MR) is 85.9 cm³/mol. The van der Waals surface area contributed by atoms with Gasteiger partial charge in [-0.05, 0) is 31.6 Å². The van der Waals surface area contributed by atoms with Crippen LogP contribution in [0.4, 0.5) is 0 Å². The van der Waals surface area contributed by atoms with Crippen LogP contribution in [0.2, 0.25) is 0 Å². The van der Waals surface area contributed by atoms with Gasteiger partial charge in [0.1, 0.15) is 0 Å². The largest absolute Gasteiger partial charge is 0.310 e. The van der Waals surface area contributed by atoms with Crippen molar-refractivity contribution in [3.8, 4) is 0 Å². The van der Waals surface area contributed by atoms with E-state index in [4.69, 9.17) is 0 Å². The van der Waals surface area contributed by atoms with Crippen molar-refractivity contribution >= 4 is 10.9 Å². The Labute approximate surface area is 122 Å². The van der Waals surface area contributed by atoms with Crippen molar-refractivity contribution in [2.45, 2.75) is 26.8 Å². The smallest absolute Gasteiger partial charge is 0.0705 e. The molecule has 0 spiro atoms. The Morgan fingerprint density at radius 3 is 2.70 bits per heavy atom. The summed E-state index contributed by atoms with van der Waals surface area (Å²) in [7, 11) is 0. The second-order valence-electron chi connectivity index (χ2n) is 5.11. The molecule has 20 heavy (non-hydrogen) atoms. The van der Waals surface area contributed by atoms with Crippen LogP contribution >= 0.6 is 0 Å². The summed E-state index contributed by atoms with van der Waals surface area (Å²) < 4.78 is 0. The first-order valence-corrected chi connectivity index (χ1v) is 7.61. The molecular formula is C17H25N3. The molecule has 0 saturated carbocycles. The molecule has 0 atom stereocenters. The summed E-state index contributed by atoms with van der Waals surface area (Å²) in [5.41, 5.74) is 2.19. The van der Waals surface area contributed by atoms with E-state index >= 15 is 0 Å². The molecule has 2 aromatic rings. The lowest BCUT2D eigenvalue weighted by Crippen LogP contribution is -2.32. The second-order valence-corrected chi connectivity index (χ2v) is 5.11. The van der Waals surface area contributed by atoms with Crippen LogP contribution in [0.25, 0.3) is 10.9 Å². The molecule has 0 radical (unpaired) electrons. The zero-order valence-electron chi connectivity index (χ0n) is 12.6. The quantitative estimate of drug-likeness (QED) is 0.748. The van der Waals surface area contributed by atoms with Crippen LogP contribution in [0.1, 0.15) is 26.0 Å². The van der Waals surface area contributed by atoms with Crippen molar-refractivity contribution in [3.05, 3.63) is 42.1 Å². The Hall–Kier alpha value is -1.45. The van der Waals surface area contributed by atoms with E-state index in [1.54, 1.807) is 0 Å². The van der Waals surface area contributed by atoms with Crippen molar-refractivity contribution < 1.29 is 0 Å². The van der Waals surface area contributed by atoms with Gasteiger partial charge in [0, 0.05) is 25.0 Å². The Morgan fingerprint density at radius 2 is 1.90 bits per heavy atom. The van der Waals surface area contributed by atoms with Gasteiger partial charge < -0.3 is 10.2 Å². The molecule has 1 aromatic heterocycles. The number of aromatic nitrogens is 1. The van der Waals surface area contributed by atoms with E-state index in [9.17, 15) is 0 Å². The third kappa shape index (κ3) is 4.29. The third-order valence-corrected chi connectivity index (χ3v) is 3.55. The first kappa shape index (κ1) is 14.9. The lowest BCUT2D eigenvalue weighted by atomic mass is 10.2. The third-order valence-electron chi connectivity index (χ3n) is 3.55. The highest BCUT2D eigenvalue weighted by Crippen LogP contribution is 2.11. The molecule has 0 saturated heterocycles. The van der Waals surface area contributed by atoms with E-state index in [-0.39, 0.29) is 0 Å². The maximum Gasteiger partial charge on any atom is 0.0705 e. The minimum Gasteiger partial charge on any atom is -0.310 e. The second kappa shape index (κ2) is 7.98. The number of hydrogen-bond acceptors (Lipinski definition) is 3. The number of fused-ring (bicyclic) bond motifs is 1. The Kier molecular flexibility index (Phi) is 5.96. The first-order valence-electron chi connectivity index (χ1n) is 7.61. The SMILES string of the molecule is CCCN(CC)CCNCc1ccc2ccccc2n1. The van der Waals surface area contributed by atoms with Gasteiger partial charge in [0.05, 0.1) is 11.2 Å². The van der Waals surface area contributed by atoms with Crippen LogP contribution in [0, 0.1) is 0 Å². The highest BCUT2D eigenvalue weighted by Gasteiger charge is 2.01. The molecule has 0 aliphatic carbocycles. The van der Waals surface area contributed by atoms with Gasteiger partial charge in [0.15, 0.2) is 0 Å². The number of para-hydroxylation sites is 1. The van der Waals surface area contributed by atoms with Gasteiger partial charge in [-0.2, -0.15) is 0 Å². The standard InChI is InChI=1S/C17H25N3/c1-3-12-20(4-2)13-11-18-14-16-10-9-15-7-5-6-8-17(15)19-16/h5-10,18H,3-4,11-14H2,1-2H3. The lowest BCUT2D eigenvalue weighted by Gasteiger charge is -2.19. The van der Waals surface area contributed by atoms with Crippen LogP contribution < -0.4 is 5.32 Å². The van der Waals surface area contributed by atoms with Crippen LogP contribution in [0.15, 0.2) is 36.4 Å². The zero-order valence-corrected chi connectivity index (χ0v) is 12.6. The number of nitrogens with one attached hydrogen (secondary N) is 1. The Morgan fingerprint density at radius 1 is 1.05 bits per heavy atom. The van der Waals surface area contributed by atoms with Crippen LogP contribution in [-0.2, 0) is 6.54 Å². The highest BCUT2D eigenvalue weighted by atomic mass is 15.1. The number of likely N-dealkylation sites (N-methyl/N-ethyl adjacent to an activating group) is 1. The maximum absolute atomic E-state index is 4.67. The van der Waals surface area contributed by atoms with E-state index in [0.717, 1.165) is 37.4 Å². The topological polar surface area (TPSA) is 28.2 Å². The van der Waals surface area contributed by atoms with Gasteiger partial charge in [-0.1, -0.05) is 38.1 Å². The molecule has 0 amide bonds. The zero-order chi connectivity index (χ0) is 14.2. The number of pyridine rings is 1. The Bertz CT molecular complexity index is 524. The van der Waals surface area contributed by atoms with Crippen LogP contribution in [-0.4, -0.2) is 36.1 Å². The summed E-state index contributed by atoms with van der Waals surface area (Å²) in [6, 6.07) is 12.5. The fourth-order valence-corrected chi connectivity index (χ4v) is 2.40. The van der Waals surface area contributed by atoms with E-state index < -0.39 is 0 Å². The lowest BCUT2D eigenvalue weighted by molar-refractivity contribution is 0.287. The summed E-state index contributed by atoms with van der Waals surface area (Å²) in [4.78, 5) is 7.15. The van der Waals surface area contributed by atoms with Gasteiger partial charge in [0.2, 0.25) is 0 Å². The molecule has 0 aliphatic rings. The van der Waals surface area contributed by atoms with E-state index in [1.807, 2.05) is 6.07 Å². The van der Waals surface area contributed by atoms with E-state index in [1.165, 1.54) is 18.4 Å². The molecule has 1 N–H and O–H groups in total. The average molecular weight is 271 g/mol. The molecule has 0 unspecified atom stereocenters. The van der Waals surface area contributed by atoms with Crippen molar-refractivity contribution in [3.63, 3.8) is 0 Å². The van der Waals surface area contributed by atoms with E-state index in [0.29, 0.717) is 0 Å². The summed E-state index contributed by atoms with van der Waals surface area (Å²) in [5.74, 6) is 0. The van der Waals surface area contributed by atoms with Crippen molar-refractivity contribution in [2.24, 2.45) is 0 Å². The molecule has 0 fully saturated rings. The molecule has 108 valence electrons. The molecule has 2 rings (SSSR count). The summed E-state index contributed by atoms with van der Waals surface area (Å²) in [6.07, 6.45) is 1.22. The van der Waals surface area contributed by atoms with Crippen LogP contribution in [0.5, 0.6) is 0 Å². The van der Waals surface area contributed by atoms with Gasteiger partial charge in [-0.15, -0.1) is 0 Å². The maximum atomic E-state index is 4.67. The normalized spacial score (nSPS) is 11.3. The summed E-state index contributed by atoms with van der Waals surface area (Å²) in [5, 5.41) is 4.69. The number of benzene rings is 1. The average Bonchev–Trinajstić information content (AvgIpc) is 2.50. The van der Waals surface area contributed by atoms with Gasteiger partial charge in [-0.25, -0.2) is 0 Å². The highest BCUT2D eigenvalue weighted by molar-refractivity contribution is 5.78. The number of nitrogens with zero attached hydrogens (tertiary/aromatic N) is 2. The predicted octanol–water partition coefficient (Wildman–Crippen LogP) is 3.06. The van der Waals surface area contributed by atoms with Gasteiger partial charge in [0.25, 0.3) is 0 Å². The molecular weight excluding hydrogens is 246 g/mol. The number of hydrogen-bond donors (Lipinski definition) is 1. The fourth-order valence-electron chi connectivity index (χ4n) is 2.40. The van der Waals surface area contributed by atoms with E-state index in [2.05, 4.69) is 59.4 Å². The number of rotatable bonds is 8. The molecule has 0 aliphatic heterocycles. The molecule has 3 heteroatoms. The molecule has 0 bridgehead atoms. The Balaban J connectivity index is 1.80. The van der Waals surface area contributed by atoms with Crippen molar-refractivity contribution in [2.75, 3.05) is 26.2 Å². The minimum absolute atomic E-state index is 0.842. The monoisotopic (exact) mass is 271 g/mol. The van der Waals surface area contributed by atoms with Crippen molar-refractivity contribution in [1.82, 2.24) is 15.2 Å². The van der Waals surface area contributed by atoms with Crippen molar-refractivity contribution in [1.29, 1.82) is 0 Å². The molecule has 1 aromatic carbocycles. The van der Waals surface area contributed by atoms with Crippen LogP contribution in [0.3, 0.4) is 0 Å². The molecule has 3 nitrogen and oxygen atoms in total. The first-order chi connectivity index (χ1) is 9.83. The summed E-state index contributed by atoms with van der Waals surface area (Å²) >= 11 is 0. The fraction of sp³-hybridized carbons (Fsp3) is 0.471. The summed E-state index contributed by atoms with van der Waals surface area (Å²) in [6.45, 7) is 9.74. The van der Waals surface area contributed by atoms with Gasteiger partial charge in [-0.3, -0.25) is 4.98 Å².